The van der Waals surface area contributed by atoms with Gasteiger partial charge in [-0.15, -0.1) is 0 Å². The van der Waals surface area contributed by atoms with Crippen molar-refractivity contribution in [3.8, 4) is 0 Å². The average Bonchev–Trinajstić information content (AvgIpc) is 2.81. The number of hydrogen-bond acceptors (Lipinski definition) is 5. The predicted molar refractivity (Wildman–Crippen MR) is 79.7 cm³/mol. The van der Waals surface area contributed by atoms with E-state index in [1.807, 2.05) is 20.8 Å². The minimum atomic E-state index is -0.872. The first-order valence-corrected chi connectivity index (χ1v) is 7.63. The second-order valence-electron chi connectivity index (χ2n) is 6.23. The average molecular weight is 297 g/mol. The number of amides is 1. The third-order valence-electron chi connectivity index (χ3n) is 3.06. The lowest BCUT2D eigenvalue weighted by atomic mass is 9.94. The maximum Gasteiger partial charge on any atom is 0.227 e. The molecule has 6 nitrogen and oxygen atoms in total. The molecule has 0 bridgehead atoms. The normalized spacial score (nSPS) is 14.2. The molecular weight excluding hydrogens is 270 g/mol. The van der Waals surface area contributed by atoms with Gasteiger partial charge in [-0.05, 0) is 25.7 Å². The van der Waals surface area contributed by atoms with Crippen molar-refractivity contribution in [1.29, 1.82) is 0 Å². The van der Waals surface area contributed by atoms with Crippen LogP contribution in [0, 0.1) is 5.92 Å². The monoisotopic (exact) mass is 297 g/mol. The number of rotatable bonds is 9. The van der Waals surface area contributed by atoms with Crippen molar-refractivity contribution >= 4 is 5.91 Å². The van der Waals surface area contributed by atoms with Gasteiger partial charge in [-0.3, -0.25) is 4.79 Å². The molecule has 0 saturated heterocycles. The van der Waals surface area contributed by atoms with Crippen LogP contribution in [0.1, 0.15) is 58.7 Å². The third kappa shape index (κ3) is 7.22. The van der Waals surface area contributed by atoms with Gasteiger partial charge in [-0.2, -0.15) is 4.98 Å². The smallest absolute Gasteiger partial charge is 0.227 e. The summed E-state index contributed by atoms with van der Waals surface area (Å²) < 4.78 is 5.08. The zero-order valence-corrected chi connectivity index (χ0v) is 13.5. The van der Waals surface area contributed by atoms with Crippen molar-refractivity contribution in [3.63, 3.8) is 0 Å². The zero-order valence-electron chi connectivity index (χ0n) is 13.5. The van der Waals surface area contributed by atoms with Gasteiger partial charge in [0.05, 0.1) is 5.60 Å². The van der Waals surface area contributed by atoms with Crippen LogP contribution in [0.5, 0.6) is 0 Å². The molecule has 0 aliphatic carbocycles. The Morgan fingerprint density at radius 3 is 2.76 bits per heavy atom. The van der Waals surface area contributed by atoms with Gasteiger partial charge in [0, 0.05) is 25.8 Å². The van der Waals surface area contributed by atoms with Crippen LogP contribution in [0.25, 0.3) is 0 Å². The van der Waals surface area contributed by atoms with Crippen LogP contribution < -0.4 is 5.32 Å². The molecule has 1 unspecified atom stereocenters. The highest BCUT2D eigenvalue weighted by Gasteiger charge is 2.22. The Bertz CT molecular complexity index is 441. The number of nitrogens with zero attached hydrogens (tertiary/aromatic N) is 2. The van der Waals surface area contributed by atoms with E-state index in [4.69, 9.17) is 4.52 Å². The standard InChI is InChI=1S/C15H27N3O3/c1-5-6-12-17-14(21-18-12)8-7-13(19)16-10-15(4,20)9-11(2)3/h11,20H,5-10H2,1-4H3,(H,16,19). The molecule has 2 N–H and O–H groups in total. The van der Waals surface area contributed by atoms with Gasteiger partial charge in [0.15, 0.2) is 5.82 Å². The van der Waals surface area contributed by atoms with Gasteiger partial charge in [-0.25, -0.2) is 0 Å². The van der Waals surface area contributed by atoms with Gasteiger partial charge in [-0.1, -0.05) is 25.9 Å². The molecule has 1 amide bonds. The van der Waals surface area contributed by atoms with Crippen LogP contribution in [-0.4, -0.2) is 33.3 Å². The van der Waals surface area contributed by atoms with Crippen LogP contribution in [0.15, 0.2) is 4.52 Å². The number of carbonyl (C=O) groups excluding carboxylic acids is 1. The molecule has 0 aliphatic heterocycles. The summed E-state index contributed by atoms with van der Waals surface area (Å²) in [4.78, 5) is 16.0. The highest BCUT2D eigenvalue weighted by atomic mass is 16.5. The summed E-state index contributed by atoms with van der Waals surface area (Å²) in [5.41, 5.74) is -0.872. The number of carbonyl (C=O) groups is 1. The van der Waals surface area contributed by atoms with Crippen molar-refractivity contribution in [2.45, 2.75) is 65.4 Å². The minimum absolute atomic E-state index is 0.116. The Kier molecular flexibility index (Phi) is 6.81. The molecule has 120 valence electrons. The summed E-state index contributed by atoms with van der Waals surface area (Å²) >= 11 is 0. The lowest BCUT2D eigenvalue weighted by molar-refractivity contribution is -0.122. The maximum absolute atomic E-state index is 11.8. The van der Waals surface area contributed by atoms with Crippen LogP contribution in [0.4, 0.5) is 0 Å². The minimum Gasteiger partial charge on any atom is -0.388 e. The summed E-state index contributed by atoms with van der Waals surface area (Å²) in [6.07, 6.45) is 3.11. The number of aryl methyl sites for hydroxylation is 2. The van der Waals surface area contributed by atoms with E-state index < -0.39 is 5.60 Å². The van der Waals surface area contributed by atoms with Gasteiger partial charge < -0.3 is 14.9 Å². The summed E-state index contributed by atoms with van der Waals surface area (Å²) in [7, 11) is 0. The highest BCUT2D eigenvalue weighted by molar-refractivity contribution is 5.76. The molecule has 1 atom stereocenters. The van der Waals surface area contributed by atoms with E-state index >= 15 is 0 Å². The molecule has 1 aromatic rings. The summed E-state index contributed by atoms with van der Waals surface area (Å²) in [6.45, 7) is 8.13. The number of nitrogens with one attached hydrogen (secondary N) is 1. The van der Waals surface area contributed by atoms with Gasteiger partial charge in [0.2, 0.25) is 11.8 Å². The third-order valence-corrected chi connectivity index (χ3v) is 3.06. The Balaban J connectivity index is 2.30. The fourth-order valence-electron chi connectivity index (χ4n) is 2.27. The number of aromatic nitrogens is 2. The van der Waals surface area contributed by atoms with Gasteiger partial charge in [0.1, 0.15) is 0 Å². The fourth-order valence-corrected chi connectivity index (χ4v) is 2.27. The second-order valence-corrected chi connectivity index (χ2v) is 6.23. The topological polar surface area (TPSA) is 88.2 Å². The van der Waals surface area contributed by atoms with E-state index in [1.165, 1.54) is 0 Å². The summed E-state index contributed by atoms with van der Waals surface area (Å²) in [5, 5.41) is 16.7. The predicted octanol–water partition coefficient (Wildman–Crippen LogP) is 1.87. The van der Waals surface area contributed by atoms with Crippen molar-refractivity contribution in [1.82, 2.24) is 15.5 Å². The molecule has 21 heavy (non-hydrogen) atoms. The SMILES string of the molecule is CCCc1noc(CCC(=O)NCC(C)(O)CC(C)C)n1. The first-order valence-electron chi connectivity index (χ1n) is 7.63. The van der Waals surface area contributed by atoms with Gasteiger partial charge >= 0.3 is 0 Å². The van der Waals surface area contributed by atoms with Gasteiger partial charge in [0.25, 0.3) is 0 Å². The largest absolute Gasteiger partial charge is 0.388 e. The number of hydrogen-bond donors (Lipinski definition) is 2. The van der Waals surface area contributed by atoms with E-state index in [2.05, 4.69) is 15.5 Å². The van der Waals surface area contributed by atoms with E-state index in [0.717, 1.165) is 12.8 Å². The molecule has 1 heterocycles. The molecule has 1 rings (SSSR count). The molecule has 0 aliphatic rings. The first-order chi connectivity index (χ1) is 9.82. The Morgan fingerprint density at radius 1 is 1.43 bits per heavy atom. The maximum atomic E-state index is 11.8. The highest BCUT2D eigenvalue weighted by Crippen LogP contribution is 2.15. The quantitative estimate of drug-likeness (QED) is 0.726. The second kappa shape index (κ2) is 8.12. The lowest BCUT2D eigenvalue weighted by Gasteiger charge is -2.25. The Hall–Kier alpha value is -1.43. The van der Waals surface area contributed by atoms with E-state index in [-0.39, 0.29) is 18.9 Å². The molecule has 1 aromatic heterocycles. The lowest BCUT2D eigenvalue weighted by Crippen LogP contribution is -2.41. The Morgan fingerprint density at radius 2 is 2.14 bits per heavy atom. The molecule has 6 heteroatoms. The van der Waals surface area contributed by atoms with E-state index in [1.54, 1.807) is 6.92 Å². The molecule has 0 aromatic carbocycles. The van der Waals surface area contributed by atoms with E-state index in [9.17, 15) is 9.90 Å². The molecule has 0 radical (unpaired) electrons. The van der Waals surface area contributed by atoms with E-state index in [0.29, 0.717) is 30.5 Å². The van der Waals surface area contributed by atoms with Crippen molar-refractivity contribution in [3.05, 3.63) is 11.7 Å². The molecule has 0 spiro atoms. The molecular formula is C15H27N3O3. The van der Waals surface area contributed by atoms with Crippen LogP contribution in [0.2, 0.25) is 0 Å². The summed E-state index contributed by atoms with van der Waals surface area (Å²) in [5.74, 6) is 1.44. The van der Waals surface area contributed by atoms with Crippen LogP contribution in [0.3, 0.4) is 0 Å². The van der Waals surface area contributed by atoms with Crippen molar-refractivity contribution in [2.24, 2.45) is 5.92 Å². The first kappa shape index (κ1) is 17.6. The fraction of sp³-hybridized carbons (Fsp3) is 0.800. The zero-order chi connectivity index (χ0) is 15.9. The van der Waals surface area contributed by atoms with Crippen LogP contribution >= 0.6 is 0 Å². The van der Waals surface area contributed by atoms with Crippen molar-refractivity contribution in [2.75, 3.05) is 6.54 Å². The number of aliphatic hydroxyl groups is 1. The summed E-state index contributed by atoms with van der Waals surface area (Å²) in [6, 6.07) is 0. The Labute approximate surface area is 126 Å². The van der Waals surface area contributed by atoms with Crippen molar-refractivity contribution < 1.29 is 14.4 Å². The molecule has 0 saturated carbocycles. The van der Waals surface area contributed by atoms with Crippen LogP contribution in [-0.2, 0) is 17.6 Å². The molecule has 0 fully saturated rings.